The van der Waals surface area contributed by atoms with Crippen molar-refractivity contribution in [2.75, 3.05) is 11.9 Å². The number of hydrogen-bond acceptors (Lipinski definition) is 4. The molecule has 3 aromatic rings. The van der Waals surface area contributed by atoms with Gasteiger partial charge in [-0.25, -0.2) is 9.18 Å². The number of esters is 1. The van der Waals surface area contributed by atoms with Gasteiger partial charge in [-0.15, -0.1) is 0 Å². The van der Waals surface area contributed by atoms with Crippen molar-refractivity contribution in [2.45, 2.75) is 12.5 Å². The van der Waals surface area contributed by atoms with E-state index in [-0.39, 0.29) is 12.1 Å². The number of rotatable bonds is 8. The fourth-order valence-corrected chi connectivity index (χ4v) is 2.87. The predicted molar refractivity (Wildman–Crippen MR) is 114 cm³/mol. The zero-order valence-corrected chi connectivity index (χ0v) is 16.6. The zero-order chi connectivity index (χ0) is 22.1. The average molecular weight is 420 g/mol. The van der Waals surface area contributed by atoms with E-state index in [1.165, 1.54) is 18.2 Å². The largest absolute Gasteiger partial charge is 0.454 e. The average Bonchev–Trinajstić information content (AvgIpc) is 2.78. The zero-order valence-electron chi connectivity index (χ0n) is 16.6. The van der Waals surface area contributed by atoms with Crippen LogP contribution in [0.4, 0.5) is 10.1 Å². The van der Waals surface area contributed by atoms with Crippen LogP contribution in [-0.4, -0.2) is 30.4 Å². The van der Waals surface area contributed by atoms with Crippen molar-refractivity contribution in [1.29, 1.82) is 0 Å². The van der Waals surface area contributed by atoms with Crippen molar-refractivity contribution in [1.82, 2.24) is 5.32 Å². The van der Waals surface area contributed by atoms with Crippen LogP contribution < -0.4 is 10.6 Å². The molecular formula is C24H21FN2O4. The topological polar surface area (TPSA) is 84.5 Å². The minimum Gasteiger partial charge on any atom is -0.454 e. The molecule has 0 aliphatic heterocycles. The van der Waals surface area contributed by atoms with E-state index in [1.54, 1.807) is 30.3 Å². The molecule has 0 radical (unpaired) electrons. The Hall–Kier alpha value is -4.00. The lowest BCUT2D eigenvalue weighted by atomic mass is 10.1. The summed E-state index contributed by atoms with van der Waals surface area (Å²) in [5.41, 5.74) is 1.47. The number of anilines is 1. The second-order valence-electron chi connectivity index (χ2n) is 6.75. The normalized spacial score (nSPS) is 11.3. The van der Waals surface area contributed by atoms with Gasteiger partial charge in [0.05, 0.1) is 0 Å². The van der Waals surface area contributed by atoms with Gasteiger partial charge in [0.2, 0.25) is 0 Å². The summed E-state index contributed by atoms with van der Waals surface area (Å²) in [6.45, 7) is -0.568. The Labute approximate surface area is 179 Å². The summed E-state index contributed by atoms with van der Waals surface area (Å²) in [5.74, 6) is -2.29. The van der Waals surface area contributed by atoms with Crippen LogP contribution in [0.25, 0.3) is 0 Å². The molecule has 7 heteroatoms. The Bertz CT molecular complexity index is 1040. The van der Waals surface area contributed by atoms with E-state index in [2.05, 4.69) is 10.6 Å². The van der Waals surface area contributed by atoms with Gasteiger partial charge in [-0.3, -0.25) is 9.59 Å². The van der Waals surface area contributed by atoms with Gasteiger partial charge in [-0.2, -0.15) is 0 Å². The summed E-state index contributed by atoms with van der Waals surface area (Å²) in [4.78, 5) is 37.2. The molecule has 0 unspecified atom stereocenters. The van der Waals surface area contributed by atoms with Crippen LogP contribution in [0.1, 0.15) is 15.9 Å². The molecule has 0 saturated heterocycles. The first kappa shape index (κ1) is 21.7. The van der Waals surface area contributed by atoms with Crippen LogP contribution in [-0.2, 0) is 20.7 Å². The van der Waals surface area contributed by atoms with Gasteiger partial charge in [-0.05, 0) is 35.9 Å². The number of nitrogens with one attached hydrogen (secondary N) is 2. The molecule has 0 saturated carbocycles. The minimum atomic E-state index is -0.989. The lowest BCUT2D eigenvalue weighted by Gasteiger charge is -2.18. The number of amides is 2. The minimum absolute atomic E-state index is 0.198. The standard InChI is InChI=1S/C24H21FN2O4/c25-19-12-7-13-20(15-19)26-22(28)16-31-24(30)21(14-17-8-3-1-4-9-17)27-23(29)18-10-5-2-6-11-18/h1-13,15,21H,14,16H2,(H,26,28)(H,27,29)/t21-/m1/s1. The Morgan fingerprint density at radius 2 is 1.55 bits per heavy atom. The summed E-state index contributed by atoms with van der Waals surface area (Å²) in [5, 5.41) is 5.12. The van der Waals surface area contributed by atoms with Crippen molar-refractivity contribution in [3.8, 4) is 0 Å². The van der Waals surface area contributed by atoms with Gasteiger partial charge in [0.25, 0.3) is 11.8 Å². The van der Waals surface area contributed by atoms with E-state index in [9.17, 15) is 18.8 Å². The summed E-state index contributed by atoms with van der Waals surface area (Å²) >= 11 is 0. The Morgan fingerprint density at radius 3 is 2.23 bits per heavy atom. The number of halogens is 1. The smallest absolute Gasteiger partial charge is 0.329 e. The van der Waals surface area contributed by atoms with E-state index in [4.69, 9.17) is 4.74 Å². The van der Waals surface area contributed by atoms with Crippen molar-refractivity contribution in [3.05, 3.63) is 102 Å². The second-order valence-corrected chi connectivity index (χ2v) is 6.75. The first-order valence-electron chi connectivity index (χ1n) is 9.63. The molecular weight excluding hydrogens is 399 g/mol. The van der Waals surface area contributed by atoms with Crippen LogP contribution >= 0.6 is 0 Å². The van der Waals surface area contributed by atoms with Gasteiger partial charge < -0.3 is 15.4 Å². The van der Waals surface area contributed by atoms with Crippen LogP contribution in [0.5, 0.6) is 0 Å². The van der Waals surface area contributed by atoms with Crippen molar-refractivity contribution in [2.24, 2.45) is 0 Å². The second kappa shape index (κ2) is 10.7. The Morgan fingerprint density at radius 1 is 0.871 bits per heavy atom. The highest BCUT2D eigenvalue weighted by Gasteiger charge is 2.24. The van der Waals surface area contributed by atoms with Crippen LogP contribution in [0.3, 0.4) is 0 Å². The lowest BCUT2D eigenvalue weighted by molar-refractivity contribution is -0.149. The van der Waals surface area contributed by atoms with Crippen LogP contribution in [0.2, 0.25) is 0 Å². The summed E-state index contributed by atoms with van der Waals surface area (Å²) in [7, 11) is 0. The highest BCUT2D eigenvalue weighted by atomic mass is 19.1. The first-order chi connectivity index (χ1) is 15.0. The molecule has 0 spiro atoms. The summed E-state index contributed by atoms with van der Waals surface area (Å²) in [6, 6.07) is 22.0. The van der Waals surface area contributed by atoms with Gasteiger partial charge in [0.1, 0.15) is 11.9 Å². The monoisotopic (exact) mass is 420 g/mol. The third-order valence-corrected chi connectivity index (χ3v) is 4.36. The molecule has 2 amide bonds. The van der Waals surface area contributed by atoms with Crippen LogP contribution in [0.15, 0.2) is 84.9 Å². The molecule has 0 aliphatic carbocycles. The highest BCUT2D eigenvalue weighted by Crippen LogP contribution is 2.10. The molecule has 3 rings (SSSR count). The maximum atomic E-state index is 13.2. The highest BCUT2D eigenvalue weighted by molar-refractivity contribution is 5.97. The predicted octanol–water partition coefficient (Wildman–Crippen LogP) is 3.35. The van der Waals surface area contributed by atoms with Gasteiger partial charge in [0, 0.05) is 17.7 Å². The van der Waals surface area contributed by atoms with E-state index in [0.717, 1.165) is 11.6 Å². The molecule has 0 aliphatic rings. The van der Waals surface area contributed by atoms with E-state index in [1.807, 2.05) is 30.3 Å². The molecule has 3 aromatic carbocycles. The molecule has 0 aromatic heterocycles. The maximum Gasteiger partial charge on any atom is 0.329 e. The molecule has 158 valence electrons. The van der Waals surface area contributed by atoms with Crippen LogP contribution in [0, 0.1) is 5.82 Å². The first-order valence-corrected chi connectivity index (χ1v) is 9.63. The molecule has 31 heavy (non-hydrogen) atoms. The third-order valence-electron chi connectivity index (χ3n) is 4.36. The maximum absolute atomic E-state index is 13.2. The van der Waals surface area contributed by atoms with E-state index >= 15 is 0 Å². The third kappa shape index (κ3) is 6.78. The number of benzene rings is 3. The number of hydrogen-bond donors (Lipinski definition) is 2. The van der Waals surface area contributed by atoms with Crippen molar-refractivity contribution in [3.63, 3.8) is 0 Å². The molecule has 6 nitrogen and oxygen atoms in total. The SMILES string of the molecule is O=C(COC(=O)[C@@H](Cc1ccccc1)NC(=O)c1ccccc1)Nc1cccc(F)c1. The molecule has 0 fully saturated rings. The Kier molecular flexibility index (Phi) is 7.48. The Balaban J connectivity index is 1.63. The number of ether oxygens (including phenoxy) is 1. The van der Waals surface area contributed by atoms with Gasteiger partial charge in [-0.1, -0.05) is 54.6 Å². The summed E-state index contributed by atoms with van der Waals surface area (Å²) in [6.07, 6.45) is 0.198. The molecule has 2 N–H and O–H groups in total. The summed E-state index contributed by atoms with van der Waals surface area (Å²) < 4.78 is 18.3. The van der Waals surface area contributed by atoms with E-state index < -0.39 is 36.2 Å². The molecule has 0 heterocycles. The molecule has 0 bridgehead atoms. The van der Waals surface area contributed by atoms with Crippen molar-refractivity contribution >= 4 is 23.5 Å². The fraction of sp³-hybridized carbons (Fsp3) is 0.125. The molecule has 1 atom stereocenters. The fourth-order valence-electron chi connectivity index (χ4n) is 2.87. The number of carbonyl (C=O) groups is 3. The van der Waals surface area contributed by atoms with Gasteiger partial charge >= 0.3 is 5.97 Å². The van der Waals surface area contributed by atoms with Crippen molar-refractivity contribution < 1.29 is 23.5 Å². The van der Waals surface area contributed by atoms with E-state index in [0.29, 0.717) is 5.56 Å². The van der Waals surface area contributed by atoms with Gasteiger partial charge in [0.15, 0.2) is 6.61 Å². The lowest BCUT2D eigenvalue weighted by Crippen LogP contribution is -2.44. The quantitative estimate of drug-likeness (QED) is 0.548. The number of carbonyl (C=O) groups excluding carboxylic acids is 3.